The third-order valence-electron chi connectivity index (χ3n) is 2.46. The molecule has 0 bridgehead atoms. The van der Waals surface area contributed by atoms with Gasteiger partial charge in [0.1, 0.15) is 5.56 Å². The number of aromatic hydroxyl groups is 1. The summed E-state index contributed by atoms with van der Waals surface area (Å²) in [6, 6.07) is 2.84. The van der Waals surface area contributed by atoms with Crippen LogP contribution in [0.3, 0.4) is 0 Å². The Hall–Kier alpha value is -2.37. The predicted octanol–water partition coefficient (Wildman–Crippen LogP) is 0.661. The first-order chi connectivity index (χ1) is 8.06. The van der Waals surface area contributed by atoms with Crippen molar-refractivity contribution in [3.8, 4) is 5.75 Å². The Labute approximate surface area is 95.8 Å². The van der Waals surface area contributed by atoms with Gasteiger partial charge in [0.05, 0.1) is 5.69 Å². The van der Waals surface area contributed by atoms with Crippen molar-refractivity contribution in [3.63, 3.8) is 0 Å². The van der Waals surface area contributed by atoms with E-state index in [0.717, 1.165) is 4.40 Å². The van der Waals surface area contributed by atoms with Crippen LogP contribution in [0, 0.1) is 0 Å². The minimum atomic E-state index is -1.31. The van der Waals surface area contributed by atoms with Gasteiger partial charge in [-0.1, -0.05) is 6.92 Å². The molecule has 0 atom stereocenters. The van der Waals surface area contributed by atoms with Gasteiger partial charge < -0.3 is 10.2 Å². The molecule has 0 fully saturated rings. The van der Waals surface area contributed by atoms with Crippen LogP contribution in [0.5, 0.6) is 5.75 Å². The van der Waals surface area contributed by atoms with Crippen molar-refractivity contribution in [2.45, 2.75) is 13.3 Å². The van der Waals surface area contributed by atoms with Crippen molar-refractivity contribution in [2.75, 3.05) is 0 Å². The van der Waals surface area contributed by atoms with Gasteiger partial charge in [0, 0.05) is 6.20 Å². The lowest BCUT2D eigenvalue weighted by Crippen LogP contribution is -2.25. The Bertz CT molecular complexity index is 660. The number of nitrogens with zero attached hydrogens (tertiary/aromatic N) is 2. The van der Waals surface area contributed by atoms with Gasteiger partial charge in [-0.15, -0.1) is 0 Å². The standard InChI is InChI=1S/C11H10N2O4/c1-2-6-8(11(16)17)10(15)13-5-3-4-7(14)9(13)12-6/h3-5,14H,2H2,1H3,(H,16,17). The molecule has 2 heterocycles. The molecule has 0 aromatic carbocycles. The lowest BCUT2D eigenvalue weighted by Gasteiger charge is -2.07. The molecule has 2 N–H and O–H groups in total. The third-order valence-corrected chi connectivity index (χ3v) is 2.46. The average Bonchev–Trinajstić information content (AvgIpc) is 2.29. The summed E-state index contributed by atoms with van der Waals surface area (Å²) in [4.78, 5) is 27.0. The van der Waals surface area contributed by atoms with Crippen LogP contribution in [-0.2, 0) is 6.42 Å². The Morgan fingerprint density at radius 3 is 2.82 bits per heavy atom. The molecule has 2 aromatic heterocycles. The number of aryl methyl sites for hydroxylation is 1. The maximum atomic E-state index is 11.9. The summed E-state index contributed by atoms with van der Waals surface area (Å²) in [5.74, 6) is -1.46. The maximum absolute atomic E-state index is 11.9. The molecule has 2 aromatic rings. The highest BCUT2D eigenvalue weighted by atomic mass is 16.4. The first-order valence-electron chi connectivity index (χ1n) is 5.02. The van der Waals surface area contributed by atoms with Gasteiger partial charge >= 0.3 is 5.97 Å². The second kappa shape index (κ2) is 3.89. The molecule has 0 amide bonds. The lowest BCUT2D eigenvalue weighted by molar-refractivity contribution is 0.0693. The second-order valence-electron chi connectivity index (χ2n) is 3.48. The van der Waals surface area contributed by atoms with Gasteiger partial charge in [0.2, 0.25) is 0 Å². The van der Waals surface area contributed by atoms with Crippen molar-refractivity contribution in [1.29, 1.82) is 0 Å². The van der Waals surface area contributed by atoms with Gasteiger partial charge in [0.25, 0.3) is 5.56 Å². The number of hydrogen-bond donors (Lipinski definition) is 2. The van der Waals surface area contributed by atoms with E-state index in [-0.39, 0.29) is 22.7 Å². The van der Waals surface area contributed by atoms with E-state index < -0.39 is 11.5 Å². The number of rotatable bonds is 2. The Balaban J connectivity index is 2.99. The number of aromatic carboxylic acids is 1. The molecule has 88 valence electrons. The number of fused-ring (bicyclic) bond motifs is 1. The van der Waals surface area contributed by atoms with Crippen molar-refractivity contribution < 1.29 is 15.0 Å². The summed E-state index contributed by atoms with van der Waals surface area (Å²) in [6.07, 6.45) is 1.68. The van der Waals surface area contributed by atoms with Gasteiger partial charge in [-0.2, -0.15) is 0 Å². The topological polar surface area (TPSA) is 91.9 Å². The van der Waals surface area contributed by atoms with E-state index in [1.165, 1.54) is 18.3 Å². The van der Waals surface area contributed by atoms with Crippen LogP contribution in [-0.4, -0.2) is 25.6 Å². The van der Waals surface area contributed by atoms with E-state index in [9.17, 15) is 14.7 Å². The highest BCUT2D eigenvalue weighted by Gasteiger charge is 2.18. The van der Waals surface area contributed by atoms with E-state index in [1.54, 1.807) is 6.92 Å². The molecular weight excluding hydrogens is 224 g/mol. The SMILES string of the molecule is CCc1nc2c(O)cccn2c(=O)c1C(=O)O. The summed E-state index contributed by atoms with van der Waals surface area (Å²) in [7, 11) is 0. The van der Waals surface area contributed by atoms with E-state index in [4.69, 9.17) is 5.11 Å². The van der Waals surface area contributed by atoms with Crippen molar-refractivity contribution in [1.82, 2.24) is 9.38 Å². The zero-order valence-corrected chi connectivity index (χ0v) is 9.04. The smallest absolute Gasteiger partial charge is 0.343 e. The fraction of sp³-hybridized carbons (Fsp3) is 0.182. The largest absolute Gasteiger partial charge is 0.504 e. The molecule has 0 saturated carbocycles. The van der Waals surface area contributed by atoms with Crippen molar-refractivity contribution in [2.24, 2.45) is 0 Å². The van der Waals surface area contributed by atoms with Crippen LogP contribution < -0.4 is 5.56 Å². The first-order valence-corrected chi connectivity index (χ1v) is 5.02. The molecule has 0 unspecified atom stereocenters. The molecule has 17 heavy (non-hydrogen) atoms. The molecule has 0 aliphatic rings. The van der Waals surface area contributed by atoms with Crippen LogP contribution in [0.4, 0.5) is 0 Å². The predicted molar refractivity (Wildman–Crippen MR) is 59.5 cm³/mol. The summed E-state index contributed by atoms with van der Waals surface area (Å²) < 4.78 is 1.03. The van der Waals surface area contributed by atoms with E-state index in [1.807, 2.05) is 0 Å². The third kappa shape index (κ3) is 1.63. The zero-order chi connectivity index (χ0) is 12.6. The molecule has 0 spiro atoms. The Morgan fingerprint density at radius 2 is 2.24 bits per heavy atom. The Morgan fingerprint density at radius 1 is 1.53 bits per heavy atom. The molecule has 0 saturated heterocycles. The number of carboxylic acid groups (broad SMARTS) is 1. The molecule has 6 heteroatoms. The van der Waals surface area contributed by atoms with E-state index in [0.29, 0.717) is 6.42 Å². The van der Waals surface area contributed by atoms with Crippen molar-refractivity contribution >= 4 is 11.6 Å². The maximum Gasteiger partial charge on any atom is 0.343 e. The van der Waals surface area contributed by atoms with Crippen molar-refractivity contribution in [3.05, 3.63) is 39.9 Å². The number of carbonyl (C=O) groups is 1. The van der Waals surface area contributed by atoms with E-state index >= 15 is 0 Å². The van der Waals surface area contributed by atoms with Gasteiger partial charge in [-0.05, 0) is 18.6 Å². The molecule has 2 rings (SSSR count). The summed E-state index contributed by atoms with van der Waals surface area (Å²) in [6.45, 7) is 1.70. The molecule has 6 nitrogen and oxygen atoms in total. The molecule has 0 aliphatic carbocycles. The summed E-state index contributed by atoms with van der Waals surface area (Å²) in [5, 5.41) is 18.6. The monoisotopic (exact) mass is 234 g/mol. The molecule has 0 aliphatic heterocycles. The van der Waals surface area contributed by atoms with E-state index in [2.05, 4.69) is 4.98 Å². The number of pyridine rings is 1. The van der Waals surface area contributed by atoms with Crippen LogP contribution in [0.2, 0.25) is 0 Å². The molecule has 0 radical (unpaired) electrons. The number of aromatic nitrogens is 2. The quantitative estimate of drug-likeness (QED) is 0.796. The zero-order valence-electron chi connectivity index (χ0n) is 9.04. The van der Waals surface area contributed by atoms with Gasteiger partial charge in [-0.3, -0.25) is 9.20 Å². The van der Waals surface area contributed by atoms with Crippen LogP contribution in [0.1, 0.15) is 23.0 Å². The first kappa shape index (κ1) is 11.1. The Kier molecular flexibility index (Phi) is 2.55. The summed E-state index contributed by atoms with van der Waals surface area (Å²) >= 11 is 0. The van der Waals surface area contributed by atoms with Crippen LogP contribution >= 0.6 is 0 Å². The number of carboxylic acids is 1. The summed E-state index contributed by atoms with van der Waals surface area (Å²) in [5.41, 5.74) is -0.797. The fourth-order valence-electron chi connectivity index (χ4n) is 1.66. The van der Waals surface area contributed by atoms with Crippen LogP contribution in [0.15, 0.2) is 23.1 Å². The lowest BCUT2D eigenvalue weighted by atomic mass is 10.2. The highest BCUT2D eigenvalue weighted by molar-refractivity contribution is 5.88. The number of hydrogen-bond acceptors (Lipinski definition) is 4. The fourth-order valence-corrected chi connectivity index (χ4v) is 1.66. The minimum absolute atomic E-state index is 0.0688. The highest BCUT2D eigenvalue weighted by Crippen LogP contribution is 2.15. The second-order valence-corrected chi connectivity index (χ2v) is 3.48. The van der Waals surface area contributed by atoms with Crippen LogP contribution in [0.25, 0.3) is 5.65 Å². The van der Waals surface area contributed by atoms with Gasteiger partial charge in [0.15, 0.2) is 11.4 Å². The molecular formula is C11H10N2O4. The minimum Gasteiger partial charge on any atom is -0.504 e. The normalized spacial score (nSPS) is 10.6. The average molecular weight is 234 g/mol. The van der Waals surface area contributed by atoms with Gasteiger partial charge in [-0.25, -0.2) is 9.78 Å².